The van der Waals surface area contributed by atoms with Crippen LogP contribution in [0.5, 0.6) is 11.5 Å². The van der Waals surface area contributed by atoms with Gasteiger partial charge in [0.15, 0.2) is 5.78 Å². The summed E-state index contributed by atoms with van der Waals surface area (Å²) in [5.74, 6) is 1.82. The molecule has 5 nitrogen and oxygen atoms in total. The summed E-state index contributed by atoms with van der Waals surface area (Å²) in [6.45, 7) is 5.81. The second kappa shape index (κ2) is 9.13. The SMILES string of the molecule is Cc1cc2c(cc1C)C(=O)CC1(CCN(C(=O)CCCOc3ccc4ccccc4c3)CC1)O2. The van der Waals surface area contributed by atoms with Crippen molar-refractivity contribution in [1.29, 1.82) is 0 Å². The van der Waals surface area contributed by atoms with Crippen molar-refractivity contribution in [2.24, 2.45) is 0 Å². The number of fused-ring (bicyclic) bond motifs is 2. The topological polar surface area (TPSA) is 55.8 Å². The highest BCUT2D eigenvalue weighted by molar-refractivity contribution is 6.00. The van der Waals surface area contributed by atoms with Gasteiger partial charge in [-0.25, -0.2) is 0 Å². The quantitative estimate of drug-likeness (QED) is 0.465. The number of aryl methyl sites for hydroxylation is 2. The van der Waals surface area contributed by atoms with Crippen LogP contribution in [0.15, 0.2) is 54.6 Å². The fraction of sp³-hybridized carbons (Fsp3) is 0.379. The maximum Gasteiger partial charge on any atom is 0.222 e. The minimum atomic E-state index is -0.484. The number of likely N-dealkylation sites (tertiary alicyclic amines) is 1. The van der Waals surface area contributed by atoms with Crippen LogP contribution in [-0.2, 0) is 4.79 Å². The Bertz CT molecular complexity index is 1240. The number of Topliss-reactive ketones (excluding diaryl/α,β-unsaturated/α-hetero) is 1. The van der Waals surface area contributed by atoms with Crippen LogP contribution in [0.3, 0.4) is 0 Å². The summed E-state index contributed by atoms with van der Waals surface area (Å²) in [7, 11) is 0. The van der Waals surface area contributed by atoms with Crippen molar-refractivity contribution in [3.05, 3.63) is 71.3 Å². The van der Waals surface area contributed by atoms with Crippen LogP contribution in [0.2, 0.25) is 0 Å². The van der Waals surface area contributed by atoms with Crippen molar-refractivity contribution in [2.45, 2.75) is 51.6 Å². The lowest BCUT2D eigenvalue weighted by atomic mass is 9.82. The maximum atomic E-state index is 12.8. The van der Waals surface area contributed by atoms with E-state index in [0.717, 1.165) is 22.3 Å². The van der Waals surface area contributed by atoms with E-state index in [2.05, 4.69) is 18.2 Å². The zero-order chi connectivity index (χ0) is 23.7. The highest BCUT2D eigenvalue weighted by atomic mass is 16.5. The molecule has 34 heavy (non-hydrogen) atoms. The molecular weight excluding hydrogens is 426 g/mol. The van der Waals surface area contributed by atoms with Crippen LogP contribution >= 0.6 is 0 Å². The number of carbonyl (C=O) groups is 2. The van der Waals surface area contributed by atoms with Gasteiger partial charge in [-0.2, -0.15) is 0 Å². The van der Waals surface area contributed by atoms with Crippen molar-refractivity contribution in [3.8, 4) is 11.5 Å². The molecule has 0 atom stereocenters. The summed E-state index contributed by atoms with van der Waals surface area (Å²) in [6.07, 6.45) is 2.90. The van der Waals surface area contributed by atoms with Gasteiger partial charge >= 0.3 is 0 Å². The first kappa shape index (κ1) is 22.5. The number of ketones is 1. The molecule has 0 unspecified atom stereocenters. The standard InChI is InChI=1S/C29H31NO4/c1-20-16-25-26(31)19-29(34-27(25)17-21(20)2)11-13-30(14-12-29)28(32)8-5-15-33-24-10-9-22-6-3-4-7-23(22)18-24/h3-4,6-7,9-10,16-18H,5,8,11-15,19H2,1-2H3. The third-order valence-electron chi connectivity index (χ3n) is 7.26. The highest BCUT2D eigenvalue weighted by Gasteiger charge is 2.43. The van der Waals surface area contributed by atoms with Gasteiger partial charge in [0.2, 0.25) is 5.91 Å². The van der Waals surface area contributed by atoms with Gasteiger partial charge in [-0.1, -0.05) is 30.3 Å². The molecule has 1 fully saturated rings. The molecule has 3 aromatic rings. The number of ether oxygens (including phenoxy) is 2. The van der Waals surface area contributed by atoms with Gasteiger partial charge in [-0.05, 0) is 66.4 Å². The number of benzene rings is 3. The Kier molecular flexibility index (Phi) is 6.03. The Balaban J connectivity index is 1.11. The van der Waals surface area contributed by atoms with E-state index in [0.29, 0.717) is 63.1 Å². The number of amides is 1. The van der Waals surface area contributed by atoms with E-state index in [1.807, 2.05) is 55.1 Å². The van der Waals surface area contributed by atoms with Gasteiger partial charge in [0.25, 0.3) is 0 Å². The molecule has 2 heterocycles. The molecule has 0 aliphatic carbocycles. The summed E-state index contributed by atoms with van der Waals surface area (Å²) in [5.41, 5.74) is 2.44. The Hall–Kier alpha value is -3.34. The van der Waals surface area contributed by atoms with Gasteiger partial charge in [0.1, 0.15) is 17.1 Å². The molecule has 0 N–H and O–H groups in total. The second-order valence-corrected chi connectivity index (χ2v) is 9.66. The Labute approximate surface area is 200 Å². The van der Waals surface area contributed by atoms with Crippen molar-refractivity contribution in [2.75, 3.05) is 19.7 Å². The van der Waals surface area contributed by atoms with Gasteiger partial charge < -0.3 is 14.4 Å². The number of rotatable bonds is 5. The number of carbonyl (C=O) groups excluding carboxylic acids is 2. The molecule has 0 aromatic heterocycles. The number of hydrogen-bond donors (Lipinski definition) is 0. The lowest BCUT2D eigenvalue weighted by Crippen LogP contribution is -2.52. The normalized spacial score (nSPS) is 16.9. The molecule has 5 heteroatoms. The van der Waals surface area contributed by atoms with E-state index >= 15 is 0 Å². The summed E-state index contributed by atoms with van der Waals surface area (Å²) < 4.78 is 12.3. The first-order valence-electron chi connectivity index (χ1n) is 12.2. The minimum absolute atomic E-state index is 0.144. The van der Waals surface area contributed by atoms with E-state index in [-0.39, 0.29) is 11.7 Å². The van der Waals surface area contributed by atoms with Gasteiger partial charge in [-0.15, -0.1) is 0 Å². The van der Waals surface area contributed by atoms with Crippen molar-refractivity contribution < 1.29 is 19.1 Å². The molecule has 176 valence electrons. The molecule has 1 amide bonds. The molecule has 2 aliphatic heterocycles. The maximum absolute atomic E-state index is 12.8. The summed E-state index contributed by atoms with van der Waals surface area (Å²) in [6, 6.07) is 18.2. The molecule has 0 bridgehead atoms. The van der Waals surface area contributed by atoms with E-state index in [9.17, 15) is 9.59 Å². The molecule has 3 aromatic carbocycles. The monoisotopic (exact) mass is 457 g/mol. The van der Waals surface area contributed by atoms with Gasteiger partial charge in [0, 0.05) is 32.4 Å². The van der Waals surface area contributed by atoms with Crippen LogP contribution in [0, 0.1) is 13.8 Å². The lowest BCUT2D eigenvalue weighted by Gasteiger charge is -2.44. The number of piperidine rings is 1. The predicted octanol–water partition coefficient (Wildman–Crippen LogP) is 5.64. The van der Waals surface area contributed by atoms with Gasteiger partial charge in [-0.3, -0.25) is 9.59 Å². The third kappa shape index (κ3) is 4.52. The summed E-state index contributed by atoms with van der Waals surface area (Å²) in [5, 5.41) is 2.33. The zero-order valence-electron chi connectivity index (χ0n) is 19.9. The predicted molar refractivity (Wildman–Crippen MR) is 133 cm³/mol. The van der Waals surface area contributed by atoms with E-state index in [1.165, 1.54) is 5.39 Å². The first-order valence-corrected chi connectivity index (χ1v) is 12.2. The van der Waals surface area contributed by atoms with Crippen LogP contribution in [0.4, 0.5) is 0 Å². The Morgan fingerprint density at radius 1 is 1.00 bits per heavy atom. The largest absolute Gasteiger partial charge is 0.494 e. The van der Waals surface area contributed by atoms with Crippen LogP contribution < -0.4 is 9.47 Å². The molecule has 1 spiro atoms. The molecule has 0 saturated carbocycles. The first-order chi connectivity index (χ1) is 16.4. The van der Waals surface area contributed by atoms with Crippen molar-refractivity contribution >= 4 is 22.5 Å². The van der Waals surface area contributed by atoms with Crippen LogP contribution in [-0.4, -0.2) is 41.9 Å². The number of hydrogen-bond acceptors (Lipinski definition) is 4. The van der Waals surface area contributed by atoms with Crippen molar-refractivity contribution in [1.82, 2.24) is 4.90 Å². The zero-order valence-corrected chi connectivity index (χ0v) is 19.9. The highest BCUT2D eigenvalue weighted by Crippen LogP contribution is 2.40. The average Bonchev–Trinajstić information content (AvgIpc) is 2.83. The fourth-order valence-electron chi connectivity index (χ4n) is 5.02. The van der Waals surface area contributed by atoms with Crippen LogP contribution in [0.25, 0.3) is 10.8 Å². The van der Waals surface area contributed by atoms with E-state index < -0.39 is 5.60 Å². The summed E-state index contributed by atoms with van der Waals surface area (Å²) >= 11 is 0. The molecule has 5 rings (SSSR count). The Morgan fingerprint density at radius 2 is 1.74 bits per heavy atom. The Morgan fingerprint density at radius 3 is 2.53 bits per heavy atom. The van der Waals surface area contributed by atoms with Gasteiger partial charge in [0.05, 0.1) is 18.6 Å². The van der Waals surface area contributed by atoms with E-state index in [1.54, 1.807) is 0 Å². The minimum Gasteiger partial charge on any atom is -0.494 e. The van der Waals surface area contributed by atoms with Crippen LogP contribution in [0.1, 0.15) is 53.6 Å². The lowest BCUT2D eigenvalue weighted by molar-refractivity contribution is -0.135. The molecule has 0 radical (unpaired) electrons. The van der Waals surface area contributed by atoms with E-state index in [4.69, 9.17) is 9.47 Å². The second-order valence-electron chi connectivity index (χ2n) is 9.66. The van der Waals surface area contributed by atoms with Crippen molar-refractivity contribution in [3.63, 3.8) is 0 Å². The number of nitrogens with zero attached hydrogens (tertiary/aromatic N) is 1. The third-order valence-corrected chi connectivity index (χ3v) is 7.26. The molecule has 1 saturated heterocycles. The smallest absolute Gasteiger partial charge is 0.222 e. The fourth-order valence-corrected chi connectivity index (χ4v) is 5.02. The summed E-state index contributed by atoms with van der Waals surface area (Å²) in [4.78, 5) is 27.5. The molecule has 2 aliphatic rings. The average molecular weight is 458 g/mol. The molecular formula is C29H31NO4.